The van der Waals surface area contributed by atoms with Crippen molar-refractivity contribution >= 4 is 6.47 Å². The van der Waals surface area contributed by atoms with Crippen LogP contribution in [0.25, 0.3) is 0 Å². The van der Waals surface area contributed by atoms with Gasteiger partial charge < -0.3 is 9.84 Å². The van der Waals surface area contributed by atoms with Gasteiger partial charge in [-0.1, -0.05) is 40.0 Å². The molecule has 0 aromatic heterocycles. The lowest BCUT2D eigenvalue weighted by Gasteiger charge is -2.23. The Balaban J connectivity index is 3.73. The summed E-state index contributed by atoms with van der Waals surface area (Å²) in [5, 5.41) is 9.46. The molecule has 1 N–H and O–H groups in total. The summed E-state index contributed by atoms with van der Waals surface area (Å²) < 4.78 is 5.04. The van der Waals surface area contributed by atoms with Crippen molar-refractivity contribution in [3.05, 3.63) is 0 Å². The number of aliphatic hydroxyl groups excluding tert-OH is 1. The van der Waals surface area contributed by atoms with Crippen LogP contribution < -0.4 is 0 Å². The van der Waals surface area contributed by atoms with E-state index in [1.165, 1.54) is 19.3 Å². The van der Waals surface area contributed by atoms with E-state index in [0.29, 0.717) is 24.4 Å². The van der Waals surface area contributed by atoms with Crippen molar-refractivity contribution in [2.24, 2.45) is 11.3 Å². The molecule has 21 heavy (non-hydrogen) atoms. The topological polar surface area (TPSA) is 46.5 Å². The van der Waals surface area contributed by atoms with E-state index in [4.69, 9.17) is 4.74 Å². The highest BCUT2D eigenvalue weighted by Crippen LogP contribution is 2.25. The predicted octanol–water partition coefficient (Wildman–Crippen LogP) is 4.71. The summed E-state index contributed by atoms with van der Waals surface area (Å²) in [5.74, 6) is 0.431. The maximum atomic E-state index is 10.4. The van der Waals surface area contributed by atoms with E-state index in [0.717, 1.165) is 32.1 Å². The second-order valence-electron chi connectivity index (χ2n) is 8.07. The SMILES string of the molecule is CC(C)(C)CCCCC(CO)CCCCC(C)(C)OC=O. The first-order chi connectivity index (χ1) is 9.70. The van der Waals surface area contributed by atoms with Gasteiger partial charge in [-0.15, -0.1) is 0 Å². The van der Waals surface area contributed by atoms with Crippen LogP contribution in [-0.2, 0) is 9.53 Å². The van der Waals surface area contributed by atoms with Crippen molar-refractivity contribution in [3.63, 3.8) is 0 Å². The Hall–Kier alpha value is -0.570. The quantitative estimate of drug-likeness (QED) is 0.419. The lowest BCUT2D eigenvalue weighted by atomic mass is 9.87. The minimum atomic E-state index is -0.358. The number of carbonyl (C=O) groups is 1. The lowest BCUT2D eigenvalue weighted by molar-refractivity contribution is -0.140. The summed E-state index contributed by atoms with van der Waals surface area (Å²) in [6, 6.07) is 0. The van der Waals surface area contributed by atoms with Crippen LogP contribution >= 0.6 is 0 Å². The fraction of sp³-hybridized carbons (Fsp3) is 0.944. The van der Waals surface area contributed by atoms with Crippen molar-refractivity contribution < 1.29 is 14.6 Å². The van der Waals surface area contributed by atoms with Gasteiger partial charge in [0.05, 0.1) is 0 Å². The van der Waals surface area contributed by atoms with Gasteiger partial charge in [0.2, 0.25) is 0 Å². The summed E-state index contributed by atoms with van der Waals surface area (Å²) in [5.41, 5.74) is 0.0576. The maximum absolute atomic E-state index is 10.4. The van der Waals surface area contributed by atoms with Gasteiger partial charge in [0, 0.05) is 6.61 Å². The molecule has 126 valence electrons. The Morgan fingerprint density at radius 1 is 0.952 bits per heavy atom. The predicted molar refractivity (Wildman–Crippen MR) is 88.2 cm³/mol. The normalized spacial score (nSPS) is 14.0. The summed E-state index contributed by atoms with van der Waals surface area (Å²) in [4.78, 5) is 10.4. The lowest BCUT2D eigenvalue weighted by Crippen LogP contribution is -2.23. The average molecular weight is 300 g/mol. The third-order valence-electron chi connectivity index (χ3n) is 4.06. The highest BCUT2D eigenvalue weighted by molar-refractivity contribution is 5.38. The fourth-order valence-electron chi connectivity index (χ4n) is 2.59. The van der Waals surface area contributed by atoms with E-state index < -0.39 is 0 Å². The van der Waals surface area contributed by atoms with Crippen LogP contribution in [0, 0.1) is 11.3 Å². The monoisotopic (exact) mass is 300 g/mol. The molecular weight excluding hydrogens is 264 g/mol. The molecule has 0 saturated carbocycles. The van der Waals surface area contributed by atoms with E-state index in [1.54, 1.807) is 0 Å². The van der Waals surface area contributed by atoms with Crippen LogP contribution in [0.3, 0.4) is 0 Å². The summed E-state index contributed by atoms with van der Waals surface area (Å²) in [7, 11) is 0. The van der Waals surface area contributed by atoms with Gasteiger partial charge >= 0.3 is 0 Å². The Bertz CT molecular complexity index is 266. The Morgan fingerprint density at radius 3 is 1.90 bits per heavy atom. The van der Waals surface area contributed by atoms with Gasteiger partial charge in [0.15, 0.2) is 0 Å². The third-order valence-corrected chi connectivity index (χ3v) is 4.06. The molecular formula is C18H36O3. The molecule has 0 aliphatic heterocycles. The molecule has 3 heteroatoms. The molecule has 0 radical (unpaired) electrons. The van der Waals surface area contributed by atoms with Gasteiger partial charge in [-0.05, 0) is 57.3 Å². The van der Waals surface area contributed by atoms with Gasteiger partial charge in [0.1, 0.15) is 5.60 Å². The molecule has 0 spiro atoms. The van der Waals surface area contributed by atoms with Crippen LogP contribution in [0.1, 0.15) is 86.0 Å². The average Bonchev–Trinajstić information content (AvgIpc) is 2.35. The number of hydrogen-bond acceptors (Lipinski definition) is 3. The van der Waals surface area contributed by atoms with Crippen LogP contribution in [0.4, 0.5) is 0 Å². The van der Waals surface area contributed by atoms with Gasteiger partial charge in [0.25, 0.3) is 6.47 Å². The Kier molecular flexibility index (Phi) is 9.93. The molecule has 0 heterocycles. The van der Waals surface area contributed by atoms with Gasteiger partial charge in [-0.25, -0.2) is 0 Å². The van der Waals surface area contributed by atoms with Crippen molar-refractivity contribution in [1.29, 1.82) is 0 Å². The number of ether oxygens (including phenoxy) is 1. The number of carbonyl (C=O) groups excluding carboxylic acids is 1. The second kappa shape index (κ2) is 10.2. The standard InChI is InChI=1S/C18H36O3/c1-17(2,3)12-8-6-10-16(14-19)11-7-9-13-18(4,5)21-15-20/h15-16,19H,6-14H2,1-5H3. The zero-order valence-electron chi connectivity index (χ0n) is 14.8. The Labute approximate surface area is 131 Å². The minimum absolute atomic E-state index is 0.295. The highest BCUT2D eigenvalue weighted by atomic mass is 16.5. The molecule has 1 atom stereocenters. The van der Waals surface area contributed by atoms with Crippen molar-refractivity contribution in [2.75, 3.05) is 6.61 Å². The molecule has 0 aliphatic rings. The van der Waals surface area contributed by atoms with Crippen LogP contribution in [0.5, 0.6) is 0 Å². The van der Waals surface area contributed by atoms with Crippen LogP contribution in [0.15, 0.2) is 0 Å². The zero-order chi connectivity index (χ0) is 16.4. The molecule has 0 aromatic carbocycles. The summed E-state index contributed by atoms with van der Waals surface area (Å²) >= 11 is 0. The maximum Gasteiger partial charge on any atom is 0.293 e. The van der Waals surface area contributed by atoms with E-state index in [1.807, 2.05) is 13.8 Å². The van der Waals surface area contributed by atoms with Crippen molar-refractivity contribution in [1.82, 2.24) is 0 Å². The highest BCUT2D eigenvalue weighted by Gasteiger charge is 2.18. The first kappa shape index (κ1) is 20.4. The largest absolute Gasteiger partial charge is 0.462 e. The Morgan fingerprint density at radius 2 is 1.48 bits per heavy atom. The number of unbranched alkanes of at least 4 members (excludes halogenated alkanes) is 2. The summed E-state index contributed by atoms with van der Waals surface area (Å²) in [6.07, 6.45) is 8.93. The molecule has 0 aromatic rings. The molecule has 1 unspecified atom stereocenters. The van der Waals surface area contributed by atoms with Gasteiger partial charge in [-0.3, -0.25) is 4.79 Å². The first-order valence-electron chi connectivity index (χ1n) is 8.42. The number of aliphatic hydroxyl groups is 1. The minimum Gasteiger partial charge on any atom is -0.462 e. The molecule has 0 aliphatic carbocycles. The first-order valence-corrected chi connectivity index (χ1v) is 8.42. The molecule has 3 nitrogen and oxygen atoms in total. The van der Waals surface area contributed by atoms with E-state index >= 15 is 0 Å². The van der Waals surface area contributed by atoms with Crippen molar-refractivity contribution in [3.8, 4) is 0 Å². The third kappa shape index (κ3) is 12.9. The summed E-state index contributed by atoms with van der Waals surface area (Å²) in [6.45, 7) is 11.5. The molecule has 0 fully saturated rings. The molecule has 0 saturated heterocycles. The molecule has 0 bridgehead atoms. The van der Waals surface area contributed by atoms with E-state index in [9.17, 15) is 9.90 Å². The fourth-order valence-corrected chi connectivity index (χ4v) is 2.59. The van der Waals surface area contributed by atoms with Gasteiger partial charge in [-0.2, -0.15) is 0 Å². The number of hydrogen-bond donors (Lipinski definition) is 1. The van der Waals surface area contributed by atoms with E-state index in [-0.39, 0.29) is 5.60 Å². The smallest absolute Gasteiger partial charge is 0.293 e. The number of rotatable bonds is 12. The second-order valence-corrected chi connectivity index (χ2v) is 8.07. The van der Waals surface area contributed by atoms with Crippen molar-refractivity contribution in [2.45, 2.75) is 91.6 Å². The van der Waals surface area contributed by atoms with Crippen LogP contribution in [0.2, 0.25) is 0 Å². The molecule has 0 amide bonds. The van der Waals surface area contributed by atoms with E-state index in [2.05, 4.69) is 20.8 Å². The zero-order valence-corrected chi connectivity index (χ0v) is 14.8. The van der Waals surface area contributed by atoms with Crippen LogP contribution in [-0.4, -0.2) is 23.8 Å². The molecule has 0 rings (SSSR count).